The summed E-state index contributed by atoms with van der Waals surface area (Å²) in [5.74, 6) is -1.91. The number of nitrogens with zero attached hydrogens (tertiary/aromatic N) is 1. The molecule has 2 amide bonds. The van der Waals surface area contributed by atoms with Gasteiger partial charge in [0.05, 0.1) is 17.0 Å². The van der Waals surface area contributed by atoms with Crippen LogP contribution in [0.25, 0.3) is 0 Å². The molecule has 5 fully saturated rings. The van der Waals surface area contributed by atoms with E-state index in [1.54, 1.807) is 0 Å². The van der Waals surface area contributed by atoms with Crippen LogP contribution in [-0.2, 0) is 19.2 Å². The third-order valence-electron chi connectivity index (χ3n) is 13.1. The van der Waals surface area contributed by atoms with Gasteiger partial charge in [0, 0.05) is 16.2 Å². The predicted octanol–water partition coefficient (Wildman–Crippen LogP) is 2.69. The number of aliphatic carboxylic acids is 1. The largest absolute Gasteiger partial charge is 1.00 e. The van der Waals surface area contributed by atoms with Crippen molar-refractivity contribution in [3.8, 4) is 6.07 Å². The molecule has 0 aromatic carbocycles. The minimum absolute atomic E-state index is 0. The number of aldehydes is 1. The van der Waals surface area contributed by atoms with Gasteiger partial charge in [-0.05, 0) is 71.1 Å². The molecule has 5 aliphatic carbocycles. The summed E-state index contributed by atoms with van der Waals surface area (Å²) in [5.41, 5.74) is 14.4. The maximum Gasteiger partial charge on any atom is 1.00 e. The van der Waals surface area contributed by atoms with Gasteiger partial charge in [-0.3, -0.25) is 14.4 Å². The zero-order valence-corrected chi connectivity index (χ0v) is 36.3. The number of hydrogen-bond acceptors (Lipinski definition) is 9. The fraction of sp³-hybridized carbons (Fsp3) is 0.881. The first-order valence-electron chi connectivity index (χ1n) is 20.7. The Morgan fingerprint density at radius 2 is 0.930 bits per heavy atom. The number of amides is 2. The number of carboxylic acid groups (broad SMARTS) is 1. The first-order valence-corrected chi connectivity index (χ1v) is 20.7. The zero-order chi connectivity index (χ0) is 41.1. The SMILES string of the molecule is CC1(C(=O)O)CCCCC1.CC1(C(O)C#N)CCCCC1.CC1(C(O)C(N)=O)CCCCC1.CC1(C=O)CCCCC1.Cl.NC(=O)C(O)C1(N)CCCCC1.[AlH3].[H-].[Li+]. The fourth-order valence-corrected chi connectivity index (χ4v) is 8.56. The molecule has 0 spiro atoms. The van der Waals surface area contributed by atoms with Crippen LogP contribution in [0.15, 0.2) is 0 Å². The van der Waals surface area contributed by atoms with Gasteiger partial charge in [-0.25, -0.2) is 0 Å². The van der Waals surface area contributed by atoms with Crippen molar-refractivity contribution in [1.29, 1.82) is 5.26 Å². The van der Waals surface area contributed by atoms with E-state index in [-0.39, 0.29) is 66.3 Å². The van der Waals surface area contributed by atoms with E-state index in [4.69, 9.17) is 27.6 Å². The van der Waals surface area contributed by atoms with Gasteiger partial charge in [-0.1, -0.05) is 117 Å². The van der Waals surface area contributed by atoms with E-state index >= 15 is 0 Å². The van der Waals surface area contributed by atoms with Crippen LogP contribution in [0, 0.1) is 33.0 Å². The van der Waals surface area contributed by atoms with E-state index < -0.39 is 47.0 Å². The van der Waals surface area contributed by atoms with Crippen molar-refractivity contribution >= 4 is 53.8 Å². The first kappa shape index (κ1) is 60.1. The van der Waals surface area contributed by atoms with Crippen molar-refractivity contribution in [1.82, 2.24) is 0 Å². The Morgan fingerprint density at radius 3 is 1.21 bits per heavy atom. The van der Waals surface area contributed by atoms with Gasteiger partial charge in [-0.15, -0.1) is 12.4 Å². The molecule has 10 N–H and O–H groups in total. The number of carboxylic acids is 1. The standard InChI is InChI=1S/C9H17NO2.C9H15NO.C8H16N2O2.C8H14O2.C8H14O.Al.ClH.Li.4H/c1-9(7(11)8(10)12)5-3-2-4-6-9;1-9(8(11)7-10)5-3-2-4-6-9;9-7(12)6(11)8(10)4-2-1-3-5-8;1-8(7(9)10)5-3-2-4-6-8;1-8(7-9)5-3-2-4-6-8;;;;;;;/h7,11H,2-6H2,1H3,(H2,10,12);8,11H,2-6H2,1H3;6,11H,1-5,10H2,(H2,9,12);2-6H2,1H3,(H,9,10);7H,2-6H2,1H3;;1H;;;;;/q;;;;;;;+1;;;;-1. The quantitative estimate of drug-likeness (QED) is 0.112. The van der Waals surface area contributed by atoms with E-state index in [1.165, 1.54) is 38.5 Å². The number of nitriles is 1. The monoisotopic (exact) mass is 839 g/mol. The molecule has 0 bridgehead atoms. The first-order chi connectivity index (χ1) is 25.2. The van der Waals surface area contributed by atoms with Gasteiger partial charge in [0.2, 0.25) is 11.8 Å². The van der Waals surface area contributed by atoms with E-state index in [2.05, 4.69) is 6.92 Å². The Bertz CT molecular complexity index is 1160. The molecule has 15 heteroatoms. The average Bonchev–Trinajstić information content (AvgIpc) is 3.16. The summed E-state index contributed by atoms with van der Waals surface area (Å²) in [6.07, 6.45) is 24.6. The summed E-state index contributed by atoms with van der Waals surface area (Å²) in [7, 11) is 0. The number of aliphatic hydroxyl groups is 3. The number of halogens is 1. The number of carbonyl (C=O) groups is 4. The van der Waals surface area contributed by atoms with Gasteiger partial charge in [-0.2, -0.15) is 5.26 Å². The number of aliphatic hydroxyl groups excluding tert-OH is 3. The number of rotatable bonds is 7. The average molecular weight is 840 g/mol. The molecule has 0 aliphatic heterocycles. The van der Waals surface area contributed by atoms with Crippen molar-refractivity contribution in [3.63, 3.8) is 0 Å². The summed E-state index contributed by atoms with van der Waals surface area (Å²) in [6, 6.07) is 1.93. The van der Waals surface area contributed by atoms with Crippen LogP contribution in [0.3, 0.4) is 0 Å². The summed E-state index contributed by atoms with van der Waals surface area (Å²) in [4.78, 5) is 42.6. The molecule has 0 radical (unpaired) electrons. The summed E-state index contributed by atoms with van der Waals surface area (Å²) in [6.45, 7) is 7.88. The Kier molecular flexibility index (Phi) is 30.8. The topological polar surface area (TPSA) is 251 Å². The maximum atomic E-state index is 10.8. The van der Waals surface area contributed by atoms with Crippen molar-refractivity contribution < 1.29 is 59.9 Å². The normalized spacial score (nSPS) is 23.6. The van der Waals surface area contributed by atoms with E-state index in [1.807, 2.05) is 26.8 Å². The van der Waals surface area contributed by atoms with Crippen molar-refractivity contribution in [3.05, 3.63) is 0 Å². The molecule has 5 rings (SSSR count). The van der Waals surface area contributed by atoms with Crippen LogP contribution in [0.5, 0.6) is 0 Å². The molecule has 0 saturated heterocycles. The molecule has 5 aliphatic rings. The number of nitrogens with two attached hydrogens (primary N) is 3. The second-order valence-corrected chi connectivity index (χ2v) is 18.1. The third-order valence-corrected chi connectivity index (χ3v) is 13.1. The Labute approximate surface area is 374 Å². The van der Waals surface area contributed by atoms with Crippen molar-refractivity contribution in [2.45, 2.75) is 212 Å². The molecule has 12 nitrogen and oxygen atoms in total. The third kappa shape index (κ3) is 20.8. The molecule has 3 atom stereocenters. The number of hydrogen-bond donors (Lipinski definition) is 7. The van der Waals surface area contributed by atoms with Gasteiger partial charge in [0.15, 0.2) is 17.4 Å². The summed E-state index contributed by atoms with van der Waals surface area (Å²) < 4.78 is 0. The molecule has 0 heterocycles. The molecule has 57 heavy (non-hydrogen) atoms. The molecule has 328 valence electrons. The van der Waals surface area contributed by atoms with E-state index in [0.717, 1.165) is 115 Å². The Morgan fingerprint density at radius 1 is 0.614 bits per heavy atom. The van der Waals surface area contributed by atoms with Crippen LogP contribution in [0.2, 0.25) is 0 Å². The van der Waals surface area contributed by atoms with Crippen LogP contribution < -0.4 is 36.1 Å². The summed E-state index contributed by atoms with van der Waals surface area (Å²) >= 11 is 0. The molecule has 0 aromatic rings. The Balaban J connectivity index is -0.000000310. The smallest absolute Gasteiger partial charge is 1.00 e. The number of carbonyl (C=O) groups excluding carboxylic acids is 3. The molecular formula is C42H81AlClLiN4O8. The van der Waals surface area contributed by atoms with Gasteiger partial charge in [0.1, 0.15) is 24.6 Å². The minimum Gasteiger partial charge on any atom is -1.00 e. The van der Waals surface area contributed by atoms with Crippen LogP contribution in [0.4, 0.5) is 0 Å². The maximum absolute atomic E-state index is 10.8. The van der Waals surface area contributed by atoms with E-state index in [9.17, 15) is 34.5 Å². The summed E-state index contributed by atoms with van der Waals surface area (Å²) in [5, 5.41) is 45.7. The second kappa shape index (κ2) is 29.1. The van der Waals surface area contributed by atoms with E-state index in [0.29, 0.717) is 12.8 Å². The molecule has 0 aromatic heterocycles. The minimum atomic E-state index is -1.18. The van der Waals surface area contributed by atoms with Crippen molar-refractivity contribution in [2.24, 2.45) is 38.9 Å². The van der Waals surface area contributed by atoms with Crippen molar-refractivity contribution in [2.75, 3.05) is 0 Å². The van der Waals surface area contributed by atoms with Crippen LogP contribution >= 0.6 is 12.4 Å². The van der Waals surface area contributed by atoms with Gasteiger partial charge < -0.3 is 43.8 Å². The van der Waals surface area contributed by atoms with Crippen LogP contribution in [-0.4, -0.2) is 85.7 Å². The van der Waals surface area contributed by atoms with Gasteiger partial charge in [0.25, 0.3) is 0 Å². The predicted molar refractivity (Wildman–Crippen MR) is 229 cm³/mol. The fourth-order valence-electron chi connectivity index (χ4n) is 8.56. The van der Waals surface area contributed by atoms with Crippen LogP contribution in [0.1, 0.15) is 190 Å². The van der Waals surface area contributed by atoms with Gasteiger partial charge >= 0.3 is 24.8 Å². The zero-order valence-electron chi connectivity index (χ0n) is 36.5. The number of primary amides is 2. The molecule has 3 unspecified atom stereocenters. The Hall–Kier alpha value is -1.17. The second-order valence-electron chi connectivity index (χ2n) is 18.1. The molecule has 5 saturated carbocycles. The molecular weight excluding hydrogens is 758 g/mol.